The first-order valence-electron chi connectivity index (χ1n) is 9.13. The van der Waals surface area contributed by atoms with Crippen LogP contribution in [0.5, 0.6) is 0 Å². The lowest BCUT2D eigenvalue weighted by atomic mass is 10.1. The molecule has 1 fully saturated rings. The molecule has 1 aliphatic carbocycles. The van der Waals surface area contributed by atoms with E-state index in [4.69, 9.17) is 5.26 Å². The van der Waals surface area contributed by atoms with E-state index in [0.717, 1.165) is 24.8 Å². The van der Waals surface area contributed by atoms with E-state index in [1.807, 2.05) is 18.2 Å². The highest BCUT2D eigenvalue weighted by molar-refractivity contribution is 5.95. The van der Waals surface area contributed by atoms with E-state index in [1.54, 1.807) is 48.3 Å². The highest BCUT2D eigenvalue weighted by Gasteiger charge is 2.42. The van der Waals surface area contributed by atoms with Crippen molar-refractivity contribution in [1.29, 1.82) is 5.26 Å². The largest absolute Gasteiger partial charge is 0.347 e. The molecular formula is C22H23N3O2. The molecule has 3 rings (SSSR count). The fourth-order valence-electron chi connectivity index (χ4n) is 3.08. The summed E-state index contributed by atoms with van der Waals surface area (Å²) in [6, 6.07) is 16.0. The second kappa shape index (κ2) is 7.63. The zero-order chi connectivity index (χ0) is 19.4. The topological polar surface area (TPSA) is 73.2 Å². The van der Waals surface area contributed by atoms with Gasteiger partial charge in [-0.05, 0) is 55.2 Å². The highest BCUT2D eigenvalue weighted by Crippen LogP contribution is 2.38. The SMILES string of the molecule is CCC1(NC(=O)c2ccc(CN(C)C(=O)c3cccc(C#N)c3)cc2)CC1. The van der Waals surface area contributed by atoms with Gasteiger partial charge in [0.1, 0.15) is 0 Å². The molecule has 2 aromatic carbocycles. The van der Waals surface area contributed by atoms with Crippen LogP contribution < -0.4 is 5.32 Å². The van der Waals surface area contributed by atoms with E-state index in [-0.39, 0.29) is 17.4 Å². The molecule has 2 amide bonds. The van der Waals surface area contributed by atoms with Gasteiger partial charge in [-0.3, -0.25) is 9.59 Å². The average molecular weight is 361 g/mol. The van der Waals surface area contributed by atoms with Crippen LogP contribution >= 0.6 is 0 Å². The predicted octanol–water partition coefficient (Wildman–Crippen LogP) is 3.50. The zero-order valence-corrected chi connectivity index (χ0v) is 15.7. The lowest BCUT2D eigenvalue weighted by Gasteiger charge is -2.18. The first-order valence-corrected chi connectivity index (χ1v) is 9.13. The van der Waals surface area contributed by atoms with Crippen LogP contribution in [0.15, 0.2) is 48.5 Å². The molecule has 0 saturated heterocycles. The first-order chi connectivity index (χ1) is 13.0. The summed E-state index contributed by atoms with van der Waals surface area (Å²) in [5, 5.41) is 12.1. The first kappa shape index (κ1) is 18.7. The van der Waals surface area contributed by atoms with Crippen molar-refractivity contribution in [3.63, 3.8) is 0 Å². The Kier molecular flexibility index (Phi) is 5.27. The van der Waals surface area contributed by atoms with Crippen LogP contribution in [0.4, 0.5) is 0 Å². The number of hydrogen-bond donors (Lipinski definition) is 1. The molecule has 1 aliphatic rings. The van der Waals surface area contributed by atoms with Gasteiger partial charge in [0.2, 0.25) is 0 Å². The molecule has 0 atom stereocenters. The molecule has 0 spiro atoms. The van der Waals surface area contributed by atoms with Gasteiger partial charge >= 0.3 is 0 Å². The Morgan fingerprint density at radius 2 is 1.85 bits per heavy atom. The van der Waals surface area contributed by atoms with Gasteiger partial charge in [-0.25, -0.2) is 0 Å². The van der Waals surface area contributed by atoms with Crippen LogP contribution in [-0.4, -0.2) is 29.3 Å². The molecule has 27 heavy (non-hydrogen) atoms. The number of amides is 2. The third kappa shape index (κ3) is 4.35. The van der Waals surface area contributed by atoms with Crippen molar-refractivity contribution in [3.05, 3.63) is 70.8 Å². The summed E-state index contributed by atoms with van der Waals surface area (Å²) in [5.41, 5.74) is 2.52. The van der Waals surface area contributed by atoms with E-state index < -0.39 is 0 Å². The Morgan fingerprint density at radius 3 is 2.44 bits per heavy atom. The van der Waals surface area contributed by atoms with Gasteiger partial charge in [-0.2, -0.15) is 5.26 Å². The Balaban J connectivity index is 1.62. The van der Waals surface area contributed by atoms with E-state index in [9.17, 15) is 9.59 Å². The lowest BCUT2D eigenvalue weighted by Crippen LogP contribution is -2.36. The number of nitrogens with zero attached hydrogens (tertiary/aromatic N) is 2. The van der Waals surface area contributed by atoms with Crippen molar-refractivity contribution < 1.29 is 9.59 Å². The van der Waals surface area contributed by atoms with Gasteiger partial charge in [-0.15, -0.1) is 0 Å². The summed E-state index contributed by atoms with van der Waals surface area (Å²) < 4.78 is 0. The Bertz CT molecular complexity index is 893. The monoisotopic (exact) mass is 361 g/mol. The fraction of sp³-hybridized carbons (Fsp3) is 0.318. The number of nitriles is 1. The summed E-state index contributed by atoms with van der Waals surface area (Å²) in [7, 11) is 1.72. The third-order valence-corrected chi connectivity index (χ3v) is 5.13. The molecule has 138 valence electrons. The van der Waals surface area contributed by atoms with Crippen molar-refractivity contribution in [2.24, 2.45) is 0 Å². The maximum Gasteiger partial charge on any atom is 0.253 e. The van der Waals surface area contributed by atoms with Crippen LogP contribution in [0.2, 0.25) is 0 Å². The summed E-state index contributed by atoms with van der Waals surface area (Å²) in [6.45, 7) is 2.52. The van der Waals surface area contributed by atoms with Crippen LogP contribution in [-0.2, 0) is 6.54 Å². The van der Waals surface area contributed by atoms with Crippen molar-refractivity contribution in [2.45, 2.75) is 38.3 Å². The minimum atomic E-state index is -0.146. The minimum Gasteiger partial charge on any atom is -0.347 e. The predicted molar refractivity (Wildman–Crippen MR) is 103 cm³/mol. The van der Waals surface area contributed by atoms with E-state index in [0.29, 0.717) is 23.2 Å². The number of nitrogens with one attached hydrogen (secondary N) is 1. The average Bonchev–Trinajstić information content (AvgIpc) is 3.47. The molecule has 0 aromatic heterocycles. The van der Waals surface area contributed by atoms with Gasteiger partial charge in [0.05, 0.1) is 11.6 Å². The van der Waals surface area contributed by atoms with Crippen LogP contribution in [0.3, 0.4) is 0 Å². The summed E-state index contributed by atoms with van der Waals surface area (Å²) in [5.74, 6) is -0.189. The molecule has 5 nitrogen and oxygen atoms in total. The lowest BCUT2D eigenvalue weighted by molar-refractivity contribution is 0.0784. The summed E-state index contributed by atoms with van der Waals surface area (Å²) in [6.07, 6.45) is 3.05. The molecule has 0 bridgehead atoms. The van der Waals surface area contributed by atoms with E-state index >= 15 is 0 Å². The number of carbonyl (C=O) groups excluding carboxylic acids is 2. The Labute approximate surface area is 159 Å². The number of benzene rings is 2. The van der Waals surface area contributed by atoms with Gasteiger partial charge in [0.25, 0.3) is 11.8 Å². The van der Waals surface area contributed by atoms with Crippen LogP contribution in [0.25, 0.3) is 0 Å². The minimum absolute atomic E-state index is 0.000352. The van der Waals surface area contributed by atoms with E-state index in [2.05, 4.69) is 12.2 Å². The second-order valence-electron chi connectivity index (χ2n) is 7.14. The van der Waals surface area contributed by atoms with Crippen molar-refractivity contribution in [1.82, 2.24) is 10.2 Å². The molecule has 5 heteroatoms. The molecule has 1 saturated carbocycles. The summed E-state index contributed by atoms with van der Waals surface area (Å²) >= 11 is 0. The Hall–Kier alpha value is -3.13. The zero-order valence-electron chi connectivity index (χ0n) is 15.7. The van der Waals surface area contributed by atoms with Gasteiger partial charge in [0.15, 0.2) is 0 Å². The van der Waals surface area contributed by atoms with Crippen LogP contribution in [0.1, 0.15) is 58.0 Å². The number of hydrogen-bond acceptors (Lipinski definition) is 3. The molecule has 0 heterocycles. The molecule has 0 aliphatic heterocycles. The fourth-order valence-corrected chi connectivity index (χ4v) is 3.08. The molecule has 1 N–H and O–H groups in total. The molecular weight excluding hydrogens is 338 g/mol. The van der Waals surface area contributed by atoms with Crippen LogP contribution in [0, 0.1) is 11.3 Å². The maximum absolute atomic E-state index is 12.5. The van der Waals surface area contributed by atoms with Crippen molar-refractivity contribution >= 4 is 11.8 Å². The van der Waals surface area contributed by atoms with Crippen molar-refractivity contribution in [3.8, 4) is 6.07 Å². The third-order valence-electron chi connectivity index (χ3n) is 5.13. The van der Waals surface area contributed by atoms with Gasteiger partial charge < -0.3 is 10.2 Å². The quantitative estimate of drug-likeness (QED) is 0.856. The smallest absolute Gasteiger partial charge is 0.253 e. The molecule has 0 radical (unpaired) electrons. The second-order valence-corrected chi connectivity index (χ2v) is 7.14. The van der Waals surface area contributed by atoms with Crippen molar-refractivity contribution in [2.75, 3.05) is 7.05 Å². The molecule has 0 unspecified atom stereocenters. The maximum atomic E-state index is 12.5. The highest BCUT2D eigenvalue weighted by atomic mass is 16.2. The number of carbonyl (C=O) groups is 2. The van der Waals surface area contributed by atoms with Gasteiger partial charge in [-0.1, -0.05) is 25.1 Å². The Morgan fingerprint density at radius 1 is 1.15 bits per heavy atom. The molecule has 2 aromatic rings. The normalized spacial score (nSPS) is 14.1. The van der Waals surface area contributed by atoms with Gasteiger partial charge in [0, 0.05) is 30.3 Å². The van der Waals surface area contributed by atoms with E-state index in [1.165, 1.54) is 0 Å². The summed E-state index contributed by atoms with van der Waals surface area (Å²) in [4.78, 5) is 26.5. The standard InChI is InChI=1S/C22H23N3O2/c1-3-22(11-12-22)24-20(26)18-9-7-16(8-10-18)15-25(2)21(27)19-6-4-5-17(13-19)14-23/h4-10,13H,3,11-12,15H2,1-2H3,(H,24,26). The number of rotatable bonds is 6.